The number of aromatic nitrogens is 3. The van der Waals surface area contributed by atoms with Gasteiger partial charge in [0.2, 0.25) is 0 Å². The van der Waals surface area contributed by atoms with E-state index in [4.69, 9.17) is 11.4 Å². The van der Waals surface area contributed by atoms with Crippen molar-refractivity contribution in [1.82, 2.24) is 14.1 Å². The van der Waals surface area contributed by atoms with E-state index < -0.39 is 0 Å². The summed E-state index contributed by atoms with van der Waals surface area (Å²) in [4.78, 5) is 9.37. The molecule has 4 rings (SSSR count). The van der Waals surface area contributed by atoms with Crippen molar-refractivity contribution < 1.29 is 0 Å². The summed E-state index contributed by atoms with van der Waals surface area (Å²) in [5.74, 6) is 4.16. The molecule has 1 unspecified atom stereocenters. The molecular weight excluding hydrogens is 320 g/mol. The number of fused-ring (bicyclic) bond motifs is 3. The molecule has 1 aliphatic carbocycles. The lowest BCUT2D eigenvalue weighted by molar-refractivity contribution is 0.498. The number of hydrogen-bond acceptors (Lipinski definition) is 2. The second-order valence-electron chi connectivity index (χ2n) is 6.98. The number of rotatable bonds is 4. The van der Waals surface area contributed by atoms with Gasteiger partial charge in [-0.05, 0) is 25.8 Å². The van der Waals surface area contributed by atoms with Crippen LogP contribution in [0.5, 0.6) is 0 Å². The van der Waals surface area contributed by atoms with Gasteiger partial charge in [-0.15, -0.1) is 12.3 Å². The van der Waals surface area contributed by atoms with E-state index in [2.05, 4.69) is 64.5 Å². The molecule has 0 saturated carbocycles. The van der Waals surface area contributed by atoms with Crippen LogP contribution in [0.4, 0.5) is 0 Å². The smallest absolute Gasteiger partial charge is 0.105 e. The summed E-state index contributed by atoms with van der Waals surface area (Å²) >= 11 is 0. The van der Waals surface area contributed by atoms with Gasteiger partial charge < -0.3 is 9.13 Å². The molecule has 4 nitrogen and oxygen atoms in total. The normalized spacial score (nSPS) is 18.2. The SMILES string of the molecule is C#CCCN=C1c2c(n(C)c3ccccc23)CCC1Cn1ccnc1C. The molecule has 0 saturated heterocycles. The van der Waals surface area contributed by atoms with E-state index >= 15 is 0 Å². The van der Waals surface area contributed by atoms with Crippen LogP contribution >= 0.6 is 0 Å². The van der Waals surface area contributed by atoms with Gasteiger partial charge in [-0.1, -0.05) is 18.2 Å². The van der Waals surface area contributed by atoms with E-state index in [0.717, 1.165) is 25.2 Å². The highest BCUT2D eigenvalue weighted by Gasteiger charge is 2.30. The molecule has 2 aromatic heterocycles. The van der Waals surface area contributed by atoms with E-state index in [-0.39, 0.29) is 0 Å². The quantitative estimate of drug-likeness (QED) is 0.524. The fraction of sp³-hybridized carbons (Fsp3) is 0.364. The Morgan fingerprint density at radius 1 is 1.35 bits per heavy atom. The molecule has 0 bridgehead atoms. The topological polar surface area (TPSA) is 35.1 Å². The largest absolute Gasteiger partial charge is 0.347 e. The van der Waals surface area contributed by atoms with Crippen molar-refractivity contribution in [1.29, 1.82) is 0 Å². The lowest BCUT2D eigenvalue weighted by atomic mass is 9.84. The molecule has 0 radical (unpaired) electrons. The van der Waals surface area contributed by atoms with E-state index in [0.29, 0.717) is 18.9 Å². The van der Waals surface area contributed by atoms with Crippen molar-refractivity contribution in [2.24, 2.45) is 18.0 Å². The van der Waals surface area contributed by atoms with Crippen molar-refractivity contribution in [2.75, 3.05) is 6.54 Å². The van der Waals surface area contributed by atoms with Gasteiger partial charge in [0.15, 0.2) is 0 Å². The summed E-state index contributed by atoms with van der Waals surface area (Å²) in [5.41, 5.74) is 5.21. The minimum atomic E-state index is 0.388. The first-order chi connectivity index (χ1) is 12.7. The minimum absolute atomic E-state index is 0.388. The van der Waals surface area contributed by atoms with Gasteiger partial charge in [0.25, 0.3) is 0 Å². The van der Waals surface area contributed by atoms with Gasteiger partial charge in [-0.2, -0.15) is 0 Å². The van der Waals surface area contributed by atoms with Gasteiger partial charge in [0, 0.05) is 66.2 Å². The molecule has 1 aromatic carbocycles. The van der Waals surface area contributed by atoms with Crippen LogP contribution in [0.15, 0.2) is 41.7 Å². The molecule has 1 aliphatic rings. The van der Waals surface area contributed by atoms with Gasteiger partial charge in [-0.25, -0.2) is 4.98 Å². The first-order valence-electron chi connectivity index (χ1n) is 9.23. The highest BCUT2D eigenvalue weighted by atomic mass is 15.1. The van der Waals surface area contributed by atoms with Crippen LogP contribution in [-0.4, -0.2) is 26.4 Å². The summed E-state index contributed by atoms with van der Waals surface area (Å²) in [6, 6.07) is 8.64. The molecule has 0 amide bonds. The number of aryl methyl sites for hydroxylation is 2. The number of aliphatic imine (C=N–C) groups is 1. The van der Waals surface area contributed by atoms with Crippen molar-refractivity contribution in [2.45, 2.75) is 32.7 Å². The zero-order chi connectivity index (χ0) is 18.1. The van der Waals surface area contributed by atoms with Crippen LogP contribution in [0.25, 0.3) is 10.9 Å². The number of hydrogen-bond donors (Lipinski definition) is 0. The zero-order valence-corrected chi connectivity index (χ0v) is 15.4. The summed E-state index contributed by atoms with van der Waals surface area (Å²) in [6.45, 7) is 3.67. The monoisotopic (exact) mass is 344 g/mol. The van der Waals surface area contributed by atoms with E-state index in [1.807, 2.05) is 6.20 Å². The summed E-state index contributed by atoms with van der Waals surface area (Å²) in [7, 11) is 2.17. The van der Waals surface area contributed by atoms with Crippen molar-refractivity contribution in [3.05, 3.63) is 53.7 Å². The lowest BCUT2D eigenvalue weighted by Gasteiger charge is -2.26. The average molecular weight is 344 g/mol. The van der Waals surface area contributed by atoms with Crippen molar-refractivity contribution in [3.63, 3.8) is 0 Å². The number of para-hydroxylation sites is 1. The molecule has 1 atom stereocenters. The first kappa shape index (κ1) is 16.7. The van der Waals surface area contributed by atoms with Crippen LogP contribution in [0.1, 0.15) is 29.9 Å². The number of terminal acetylenes is 1. The van der Waals surface area contributed by atoms with E-state index in [1.54, 1.807) is 0 Å². The number of imidazole rings is 1. The minimum Gasteiger partial charge on any atom is -0.347 e. The number of nitrogens with zero attached hydrogens (tertiary/aromatic N) is 4. The predicted octanol–water partition coefficient (Wildman–Crippen LogP) is 3.76. The second-order valence-corrected chi connectivity index (χ2v) is 6.98. The summed E-state index contributed by atoms with van der Waals surface area (Å²) in [6.07, 6.45) is 12.3. The van der Waals surface area contributed by atoms with Gasteiger partial charge in [-0.3, -0.25) is 4.99 Å². The number of benzene rings is 1. The third kappa shape index (κ3) is 2.74. The Bertz CT molecular complexity index is 1010. The Hall–Kier alpha value is -2.80. The van der Waals surface area contributed by atoms with Crippen molar-refractivity contribution in [3.8, 4) is 12.3 Å². The van der Waals surface area contributed by atoms with Gasteiger partial charge in [0.05, 0.1) is 6.54 Å². The molecule has 2 heterocycles. The molecule has 0 fully saturated rings. The summed E-state index contributed by atoms with van der Waals surface area (Å²) < 4.78 is 4.57. The molecule has 0 N–H and O–H groups in total. The average Bonchev–Trinajstić information content (AvgIpc) is 3.19. The maximum absolute atomic E-state index is 5.46. The van der Waals surface area contributed by atoms with Gasteiger partial charge >= 0.3 is 0 Å². The maximum atomic E-state index is 5.46. The standard InChI is InChI=1S/C22H24N4/c1-4-5-12-24-22-17(15-26-14-13-23-16(26)2)10-11-20-21(22)18-8-6-7-9-19(18)25(20)3/h1,6-9,13-14,17H,5,10-12,15H2,2-3H3. The van der Waals surface area contributed by atoms with E-state index in [1.165, 1.54) is 27.9 Å². The van der Waals surface area contributed by atoms with Crippen LogP contribution in [-0.2, 0) is 20.0 Å². The molecular formula is C22H24N4. The third-order valence-electron chi connectivity index (χ3n) is 5.48. The molecule has 3 aromatic rings. The predicted molar refractivity (Wildman–Crippen MR) is 107 cm³/mol. The van der Waals surface area contributed by atoms with Crippen LogP contribution in [0.3, 0.4) is 0 Å². The molecule has 4 heteroatoms. The van der Waals surface area contributed by atoms with Crippen LogP contribution < -0.4 is 0 Å². The fourth-order valence-corrected chi connectivity index (χ4v) is 4.14. The Morgan fingerprint density at radius 3 is 2.96 bits per heavy atom. The fourth-order valence-electron chi connectivity index (χ4n) is 4.14. The summed E-state index contributed by atoms with van der Waals surface area (Å²) in [5, 5.41) is 1.30. The zero-order valence-electron chi connectivity index (χ0n) is 15.4. The highest BCUT2D eigenvalue weighted by Crippen LogP contribution is 2.35. The van der Waals surface area contributed by atoms with Crippen LogP contribution in [0, 0.1) is 25.2 Å². The van der Waals surface area contributed by atoms with E-state index in [9.17, 15) is 0 Å². The Kier molecular flexibility index (Phi) is 4.38. The molecule has 132 valence electrons. The van der Waals surface area contributed by atoms with Crippen LogP contribution in [0.2, 0.25) is 0 Å². The molecule has 0 aliphatic heterocycles. The second kappa shape index (κ2) is 6.84. The maximum Gasteiger partial charge on any atom is 0.105 e. The third-order valence-corrected chi connectivity index (χ3v) is 5.48. The Labute approximate surface area is 154 Å². The van der Waals surface area contributed by atoms with Crippen molar-refractivity contribution >= 4 is 16.6 Å². The first-order valence-corrected chi connectivity index (χ1v) is 9.23. The Balaban J connectivity index is 1.81. The lowest BCUT2D eigenvalue weighted by Crippen LogP contribution is -2.28. The Morgan fingerprint density at radius 2 is 2.19 bits per heavy atom. The van der Waals surface area contributed by atoms with Gasteiger partial charge in [0.1, 0.15) is 5.82 Å². The molecule has 26 heavy (non-hydrogen) atoms. The molecule has 0 spiro atoms. The highest BCUT2D eigenvalue weighted by molar-refractivity contribution is 6.14.